The molecular weight excluding hydrogens is 398 g/mol. The Labute approximate surface area is 169 Å². The first-order valence-corrected chi connectivity index (χ1v) is 10.9. The van der Waals surface area contributed by atoms with E-state index in [-0.39, 0.29) is 10.8 Å². The SMILES string of the molecule is Cc1ccccc1-c1noc(C2CCCN(S(=O)(=O)c3ccc(Cl)cc3)C2)n1. The highest BCUT2D eigenvalue weighted by molar-refractivity contribution is 7.89. The van der Waals surface area contributed by atoms with E-state index in [1.807, 2.05) is 31.2 Å². The Kier molecular flexibility index (Phi) is 5.23. The van der Waals surface area contributed by atoms with E-state index >= 15 is 0 Å². The van der Waals surface area contributed by atoms with Crippen molar-refractivity contribution in [2.24, 2.45) is 0 Å². The summed E-state index contributed by atoms with van der Waals surface area (Å²) >= 11 is 5.88. The molecule has 0 bridgehead atoms. The monoisotopic (exact) mass is 417 g/mol. The largest absolute Gasteiger partial charge is 0.339 e. The smallest absolute Gasteiger partial charge is 0.243 e. The summed E-state index contributed by atoms with van der Waals surface area (Å²) in [6.45, 7) is 2.78. The number of nitrogens with zero attached hydrogens (tertiary/aromatic N) is 3. The zero-order valence-corrected chi connectivity index (χ0v) is 16.9. The maximum absolute atomic E-state index is 13.0. The average Bonchev–Trinajstić information content (AvgIpc) is 3.19. The van der Waals surface area contributed by atoms with E-state index in [0.29, 0.717) is 29.8 Å². The van der Waals surface area contributed by atoms with Crippen LogP contribution in [0.1, 0.15) is 30.2 Å². The van der Waals surface area contributed by atoms with Crippen molar-refractivity contribution in [1.82, 2.24) is 14.4 Å². The van der Waals surface area contributed by atoms with Crippen LogP contribution in [-0.2, 0) is 10.0 Å². The Balaban J connectivity index is 1.56. The van der Waals surface area contributed by atoms with Gasteiger partial charge in [0.25, 0.3) is 0 Å². The Hall–Kier alpha value is -2.22. The number of aromatic nitrogens is 2. The first-order chi connectivity index (χ1) is 13.4. The Bertz CT molecular complexity index is 1080. The van der Waals surface area contributed by atoms with Crippen LogP contribution in [0.15, 0.2) is 57.9 Å². The normalized spacial score (nSPS) is 18.3. The van der Waals surface area contributed by atoms with E-state index in [4.69, 9.17) is 16.1 Å². The third-order valence-corrected chi connectivity index (χ3v) is 7.14. The number of hydrogen-bond donors (Lipinski definition) is 0. The van der Waals surface area contributed by atoms with Crippen molar-refractivity contribution < 1.29 is 12.9 Å². The lowest BCUT2D eigenvalue weighted by Gasteiger charge is -2.30. The van der Waals surface area contributed by atoms with Gasteiger partial charge in [0, 0.05) is 23.7 Å². The van der Waals surface area contributed by atoms with Crippen LogP contribution in [0.25, 0.3) is 11.4 Å². The maximum Gasteiger partial charge on any atom is 0.243 e. The predicted octanol–water partition coefficient (Wildman–Crippen LogP) is 4.27. The van der Waals surface area contributed by atoms with E-state index in [2.05, 4.69) is 10.1 Å². The van der Waals surface area contributed by atoms with Gasteiger partial charge in [-0.15, -0.1) is 0 Å². The molecule has 0 spiro atoms. The number of hydrogen-bond acceptors (Lipinski definition) is 5. The Morgan fingerprint density at radius 1 is 1.14 bits per heavy atom. The molecule has 146 valence electrons. The minimum absolute atomic E-state index is 0.124. The first kappa shape index (κ1) is 19.1. The molecular formula is C20H20ClN3O3S. The van der Waals surface area contributed by atoms with E-state index < -0.39 is 10.0 Å². The first-order valence-electron chi connectivity index (χ1n) is 9.10. The highest BCUT2D eigenvalue weighted by atomic mass is 35.5. The van der Waals surface area contributed by atoms with E-state index in [1.54, 1.807) is 12.1 Å². The molecule has 2 heterocycles. The van der Waals surface area contributed by atoms with E-state index in [1.165, 1.54) is 16.4 Å². The molecule has 1 aromatic heterocycles. The summed E-state index contributed by atoms with van der Waals surface area (Å²) in [5.74, 6) is 0.890. The van der Waals surface area contributed by atoms with Gasteiger partial charge in [-0.1, -0.05) is 41.0 Å². The van der Waals surface area contributed by atoms with Crippen LogP contribution in [0.3, 0.4) is 0 Å². The van der Waals surface area contributed by atoms with Crippen LogP contribution in [0.2, 0.25) is 5.02 Å². The van der Waals surface area contributed by atoms with Crippen molar-refractivity contribution in [2.75, 3.05) is 13.1 Å². The molecule has 2 aromatic carbocycles. The molecule has 1 aliphatic heterocycles. The molecule has 0 saturated carbocycles. The molecule has 4 rings (SSSR count). The average molecular weight is 418 g/mol. The molecule has 1 unspecified atom stereocenters. The standard InChI is InChI=1S/C20H20ClN3O3S/c1-14-5-2-3-7-18(14)19-22-20(27-23-19)15-6-4-12-24(13-15)28(25,26)17-10-8-16(21)9-11-17/h2-3,5,7-11,15H,4,6,12-13H2,1H3. The lowest BCUT2D eigenvalue weighted by Crippen LogP contribution is -2.39. The lowest BCUT2D eigenvalue weighted by atomic mass is 10.00. The molecule has 1 aliphatic rings. The minimum atomic E-state index is -3.59. The highest BCUT2D eigenvalue weighted by Gasteiger charge is 2.33. The van der Waals surface area contributed by atoms with Crippen LogP contribution in [-0.4, -0.2) is 36.0 Å². The number of halogens is 1. The van der Waals surface area contributed by atoms with Gasteiger partial charge in [-0.05, 0) is 49.6 Å². The van der Waals surface area contributed by atoms with Gasteiger partial charge in [-0.25, -0.2) is 8.42 Å². The minimum Gasteiger partial charge on any atom is -0.339 e. The van der Waals surface area contributed by atoms with Gasteiger partial charge in [0.1, 0.15) is 0 Å². The van der Waals surface area contributed by atoms with Crippen molar-refractivity contribution in [2.45, 2.75) is 30.6 Å². The van der Waals surface area contributed by atoms with Crippen LogP contribution in [0, 0.1) is 6.92 Å². The van der Waals surface area contributed by atoms with E-state index in [9.17, 15) is 8.42 Å². The predicted molar refractivity (Wildman–Crippen MR) is 107 cm³/mol. The summed E-state index contributed by atoms with van der Waals surface area (Å²) in [5.41, 5.74) is 1.98. The Morgan fingerprint density at radius 3 is 2.64 bits per heavy atom. The van der Waals surface area contributed by atoms with Crippen molar-refractivity contribution >= 4 is 21.6 Å². The van der Waals surface area contributed by atoms with Crippen molar-refractivity contribution in [1.29, 1.82) is 0 Å². The van der Waals surface area contributed by atoms with Crippen LogP contribution < -0.4 is 0 Å². The van der Waals surface area contributed by atoms with Crippen LogP contribution in [0.5, 0.6) is 0 Å². The fraction of sp³-hybridized carbons (Fsp3) is 0.300. The maximum atomic E-state index is 13.0. The van der Waals surface area contributed by atoms with Crippen molar-refractivity contribution in [3.05, 3.63) is 65.0 Å². The lowest BCUT2D eigenvalue weighted by molar-refractivity contribution is 0.265. The van der Waals surface area contributed by atoms with Crippen LogP contribution >= 0.6 is 11.6 Å². The number of aryl methyl sites for hydroxylation is 1. The van der Waals surface area contributed by atoms with E-state index in [0.717, 1.165) is 24.0 Å². The van der Waals surface area contributed by atoms with Crippen molar-refractivity contribution in [3.8, 4) is 11.4 Å². The van der Waals surface area contributed by atoms with Gasteiger partial charge in [-0.2, -0.15) is 9.29 Å². The molecule has 0 aliphatic carbocycles. The summed E-state index contributed by atoms with van der Waals surface area (Å²) in [6, 6.07) is 14.1. The molecule has 3 aromatic rings. The van der Waals surface area contributed by atoms with Gasteiger partial charge in [-0.3, -0.25) is 0 Å². The number of sulfonamides is 1. The third kappa shape index (κ3) is 3.70. The fourth-order valence-corrected chi connectivity index (χ4v) is 5.10. The molecule has 28 heavy (non-hydrogen) atoms. The third-order valence-electron chi connectivity index (χ3n) is 5.01. The van der Waals surface area contributed by atoms with Crippen LogP contribution in [0.4, 0.5) is 0 Å². The molecule has 0 radical (unpaired) electrons. The summed E-state index contributed by atoms with van der Waals surface area (Å²) in [6.07, 6.45) is 1.54. The summed E-state index contributed by atoms with van der Waals surface area (Å²) in [4.78, 5) is 4.79. The number of benzene rings is 2. The zero-order chi connectivity index (χ0) is 19.7. The van der Waals surface area contributed by atoms with Gasteiger partial charge in [0.2, 0.25) is 21.7 Å². The summed E-state index contributed by atoms with van der Waals surface area (Å²) < 4.78 is 32.9. The summed E-state index contributed by atoms with van der Waals surface area (Å²) in [7, 11) is -3.59. The topological polar surface area (TPSA) is 76.3 Å². The second-order valence-electron chi connectivity index (χ2n) is 6.93. The van der Waals surface area contributed by atoms with Gasteiger partial charge in [0.05, 0.1) is 10.8 Å². The quantitative estimate of drug-likeness (QED) is 0.633. The molecule has 6 nitrogen and oxygen atoms in total. The second-order valence-corrected chi connectivity index (χ2v) is 9.30. The number of piperidine rings is 1. The fourth-order valence-electron chi connectivity index (χ4n) is 3.45. The molecule has 8 heteroatoms. The summed E-state index contributed by atoms with van der Waals surface area (Å²) in [5, 5.41) is 4.61. The molecule has 1 fully saturated rings. The molecule has 1 saturated heterocycles. The molecule has 0 amide bonds. The van der Waals surface area contributed by atoms with Gasteiger partial charge in [0.15, 0.2) is 0 Å². The Morgan fingerprint density at radius 2 is 1.89 bits per heavy atom. The van der Waals surface area contributed by atoms with Gasteiger partial charge < -0.3 is 4.52 Å². The highest BCUT2D eigenvalue weighted by Crippen LogP contribution is 2.31. The molecule has 0 N–H and O–H groups in total. The zero-order valence-electron chi connectivity index (χ0n) is 15.4. The second kappa shape index (κ2) is 7.66. The number of rotatable bonds is 4. The molecule has 1 atom stereocenters. The van der Waals surface area contributed by atoms with Crippen molar-refractivity contribution in [3.63, 3.8) is 0 Å². The van der Waals surface area contributed by atoms with Gasteiger partial charge >= 0.3 is 0 Å².